The van der Waals surface area contributed by atoms with Gasteiger partial charge in [-0.05, 0) is 60.5 Å². The predicted molar refractivity (Wildman–Crippen MR) is 150 cm³/mol. The molecule has 0 radical (unpaired) electrons. The van der Waals surface area contributed by atoms with Crippen molar-refractivity contribution >= 4 is 46.5 Å². The van der Waals surface area contributed by atoms with E-state index in [1.54, 1.807) is 35.2 Å². The van der Waals surface area contributed by atoms with E-state index < -0.39 is 11.1 Å². The summed E-state index contributed by atoms with van der Waals surface area (Å²) >= 11 is 0.783. The van der Waals surface area contributed by atoms with Gasteiger partial charge >= 0.3 is 0 Å². The molecule has 2 heterocycles. The van der Waals surface area contributed by atoms with Crippen LogP contribution >= 0.6 is 11.8 Å². The first-order chi connectivity index (χ1) is 18.9. The average Bonchev–Trinajstić information content (AvgIpc) is 3.20. The van der Waals surface area contributed by atoms with Gasteiger partial charge in [0.2, 0.25) is 5.91 Å². The highest BCUT2D eigenvalue weighted by Gasteiger charge is 2.37. The number of benzene rings is 3. The van der Waals surface area contributed by atoms with Gasteiger partial charge in [0, 0.05) is 24.3 Å². The molecule has 0 spiro atoms. The number of thioether (sulfide) groups is 1. The highest BCUT2D eigenvalue weighted by Crippen LogP contribution is 2.34. The van der Waals surface area contributed by atoms with E-state index in [9.17, 15) is 19.2 Å². The average molecular weight is 542 g/mol. The smallest absolute Gasteiger partial charge is 0.294 e. The van der Waals surface area contributed by atoms with E-state index in [1.165, 1.54) is 5.56 Å². The van der Waals surface area contributed by atoms with E-state index >= 15 is 0 Å². The Morgan fingerprint density at radius 3 is 2.49 bits per heavy atom. The normalized spacial score (nSPS) is 15.9. The second kappa shape index (κ2) is 11.6. The fraction of sp³-hybridized carbons (Fsp3) is 0.200. The SMILES string of the molecule is Cc1ccc(NC(=O)COc2ccccc2/C=C2\SC(=O)N(CC(=O)N3CCc4ccccc4C3)C2=O)cc1. The molecule has 0 atom stereocenters. The fourth-order valence-electron chi connectivity index (χ4n) is 4.43. The Bertz CT molecular complexity index is 1470. The summed E-state index contributed by atoms with van der Waals surface area (Å²) in [7, 11) is 0. The molecule has 0 aliphatic carbocycles. The standard InChI is InChI=1S/C30H27N3O5S/c1-20-10-12-24(13-11-20)31-27(34)19-38-25-9-5-4-7-22(25)16-26-29(36)33(30(37)39-26)18-28(35)32-15-14-21-6-2-3-8-23(21)17-32/h2-13,16H,14-15,17-19H2,1H3,(H,31,34)/b26-16-. The third kappa shape index (κ3) is 6.21. The molecule has 39 heavy (non-hydrogen) atoms. The minimum absolute atomic E-state index is 0.192. The lowest BCUT2D eigenvalue weighted by Gasteiger charge is -2.29. The number of hydrogen-bond acceptors (Lipinski definition) is 6. The second-order valence-electron chi connectivity index (χ2n) is 9.34. The third-order valence-corrected chi connectivity index (χ3v) is 7.46. The van der Waals surface area contributed by atoms with Crippen LogP contribution in [-0.4, -0.2) is 52.5 Å². The number of rotatable bonds is 7. The highest BCUT2D eigenvalue weighted by atomic mass is 32.2. The monoisotopic (exact) mass is 541 g/mol. The molecule has 0 unspecified atom stereocenters. The summed E-state index contributed by atoms with van der Waals surface area (Å²) in [6, 6.07) is 22.3. The van der Waals surface area contributed by atoms with Gasteiger partial charge < -0.3 is 15.0 Å². The molecule has 198 valence electrons. The molecule has 0 aromatic heterocycles. The van der Waals surface area contributed by atoms with Crippen LogP contribution in [0.5, 0.6) is 5.75 Å². The van der Waals surface area contributed by atoms with E-state index in [0.717, 1.165) is 34.2 Å². The lowest BCUT2D eigenvalue weighted by molar-refractivity contribution is -0.136. The van der Waals surface area contributed by atoms with Crippen molar-refractivity contribution in [2.45, 2.75) is 19.9 Å². The summed E-state index contributed by atoms with van der Waals surface area (Å²) in [5, 5.41) is 2.28. The van der Waals surface area contributed by atoms with Crippen LogP contribution in [0.2, 0.25) is 0 Å². The van der Waals surface area contributed by atoms with E-state index in [-0.39, 0.29) is 29.9 Å². The van der Waals surface area contributed by atoms with E-state index in [0.29, 0.717) is 30.1 Å². The van der Waals surface area contributed by atoms with Gasteiger partial charge in [-0.15, -0.1) is 0 Å². The highest BCUT2D eigenvalue weighted by molar-refractivity contribution is 8.18. The Balaban J connectivity index is 1.22. The Morgan fingerprint density at radius 2 is 1.69 bits per heavy atom. The van der Waals surface area contributed by atoms with Crippen LogP contribution in [0.4, 0.5) is 10.5 Å². The van der Waals surface area contributed by atoms with Crippen molar-refractivity contribution in [3.05, 3.63) is 100.0 Å². The fourth-order valence-corrected chi connectivity index (χ4v) is 5.26. The number of imide groups is 1. The number of amides is 4. The lowest BCUT2D eigenvalue weighted by atomic mass is 10.00. The van der Waals surface area contributed by atoms with Crippen molar-refractivity contribution < 1.29 is 23.9 Å². The van der Waals surface area contributed by atoms with Gasteiger partial charge in [-0.3, -0.25) is 24.1 Å². The summed E-state index contributed by atoms with van der Waals surface area (Å²) in [6.45, 7) is 2.44. The van der Waals surface area contributed by atoms with Gasteiger partial charge in [0.05, 0.1) is 4.91 Å². The first-order valence-electron chi connectivity index (χ1n) is 12.6. The first-order valence-corrected chi connectivity index (χ1v) is 13.4. The molecule has 1 saturated heterocycles. The van der Waals surface area contributed by atoms with Crippen LogP contribution in [0.15, 0.2) is 77.7 Å². The van der Waals surface area contributed by atoms with Crippen molar-refractivity contribution in [3.63, 3.8) is 0 Å². The lowest BCUT2D eigenvalue weighted by Crippen LogP contribution is -2.44. The molecule has 0 saturated carbocycles. The largest absolute Gasteiger partial charge is 0.483 e. The summed E-state index contributed by atoms with van der Waals surface area (Å²) in [5.74, 6) is -0.724. The van der Waals surface area contributed by atoms with Gasteiger partial charge in [-0.25, -0.2) is 0 Å². The molecule has 2 aliphatic heterocycles. The number of aryl methyl sites for hydroxylation is 1. The van der Waals surface area contributed by atoms with Gasteiger partial charge in [0.15, 0.2) is 6.61 Å². The van der Waals surface area contributed by atoms with Crippen molar-refractivity contribution in [1.29, 1.82) is 0 Å². The number of hydrogen-bond donors (Lipinski definition) is 1. The molecule has 3 aromatic carbocycles. The maximum atomic E-state index is 13.1. The Morgan fingerprint density at radius 1 is 0.974 bits per heavy atom. The van der Waals surface area contributed by atoms with Crippen LogP contribution < -0.4 is 10.1 Å². The zero-order chi connectivity index (χ0) is 27.4. The van der Waals surface area contributed by atoms with Crippen LogP contribution in [0.1, 0.15) is 22.3 Å². The van der Waals surface area contributed by atoms with Crippen molar-refractivity contribution in [1.82, 2.24) is 9.80 Å². The molecule has 2 aliphatic rings. The molecule has 5 rings (SSSR count). The summed E-state index contributed by atoms with van der Waals surface area (Å²) in [4.78, 5) is 53.9. The molecule has 8 nitrogen and oxygen atoms in total. The quantitative estimate of drug-likeness (QED) is 0.438. The van der Waals surface area contributed by atoms with Gasteiger partial charge in [0.1, 0.15) is 12.3 Å². The molecule has 0 bridgehead atoms. The van der Waals surface area contributed by atoms with Crippen molar-refractivity contribution in [2.75, 3.05) is 25.0 Å². The maximum Gasteiger partial charge on any atom is 0.294 e. The van der Waals surface area contributed by atoms with Crippen LogP contribution in [0.25, 0.3) is 6.08 Å². The number of nitrogens with zero attached hydrogens (tertiary/aromatic N) is 2. The number of anilines is 1. The summed E-state index contributed by atoms with van der Waals surface area (Å²) in [6.07, 6.45) is 2.29. The number of nitrogens with one attached hydrogen (secondary N) is 1. The molecule has 4 amide bonds. The number of carbonyl (C=O) groups excluding carboxylic acids is 4. The van der Waals surface area contributed by atoms with E-state index in [1.807, 2.05) is 49.4 Å². The van der Waals surface area contributed by atoms with Gasteiger partial charge in [-0.1, -0.05) is 60.2 Å². The zero-order valence-electron chi connectivity index (χ0n) is 21.4. The number of para-hydroxylation sites is 1. The Labute approximate surface area is 230 Å². The Hall–Kier alpha value is -4.37. The minimum atomic E-state index is -0.525. The second-order valence-corrected chi connectivity index (χ2v) is 10.3. The number of ether oxygens (including phenoxy) is 1. The summed E-state index contributed by atoms with van der Waals surface area (Å²) in [5.41, 5.74) is 4.59. The zero-order valence-corrected chi connectivity index (χ0v) is 22.2. The van der Waals surface area contributed by atoms with Crippen molar-refractivity contribution in [3.8, 4) is 5.75 Å². The van der Waals surface area contributed by atoms with Crippen LogP contribution in [0.3, 0.4) is 0 Å². The predicted octanol–water partition coefficient (Wildman–Crippen LogP) is 4.63. The molecule has 3 aromatic rings. The Kier molecular flexibility index (Phi) is 7.79. The van der Waals surface area contributed by atoms with Crippen molar-refractivity contribution in [2.24, 2.45) is 0 Å². The molecule has 9 heteroatoms. The topological polar surface area (TPSA) is 96.0 Å². The first kappa shape index (κ1) is 26.2. The van der Waals surface area contributed by atoms with E-state index in [4.69, 9.17) is 4.74 Å². The molecule has 1 fully saturated rings. The van der Waals surface area contributed by atoms with E-state index in [2.05, 4.69) is 11.4 Å². The maximum absolute atomic E-state index is 13.1. The summed E-state index contributed by atoms with van der Waals surface area (Å²) < 4.78 is 5.73. The third-order valence-electron chi connectivity index (χ3n) is 6.55. The van der Waals surface area contributed by atoms with Crippen LogP contribution in [-0.2, 0) is 27.3 Å². The molecular formula is C30H27N3O5S. The number of carbonyl (C=O) groups is 4. The van der Waals surface area contributed by atoms with Gasteiger partial charge in [-0.2, -0.15) is 0 Å². The number of fused-ring (bicyclic) bond motifs is 1. The van der Waals surface area contributed by atoms with Gasteiger partial charge in [0.25, 0.3) is 17.1 Å². The molecule has 1 N–H and O–H groups in total. The minimum Gasteiger partial charge on any atom is -0.483 e. The molecular weight excluding hydrogens is 514 g/mol. The van der Waals surface area contributed by atoms with Crippen LogP contribution in [0, 0.1) is 6.92 Å².